The van der Waals surface area contributed by atoms with Crippen molar-refractivity contribution in [3.05, 3.63) is 48.6 Å². The van der Waals surface area contributed by atoms with E-state index in [1.54, 1.807) is 6.20 Å². The van der Waals surface area contributed by atoms with Crippen molar-refractivity contribution >= 4 is 11.1 Å². The van der Waals surface area contributed by atoms with Crippen molar-refractivity contribution in [2.75, 3.05) is 0 Å². The highest BCUT2D eigenvalue weighted by Gasteiger charge is 2.07. The van der Waals surface area contributed by atoms with Crippen LogP contribution in [0.1, 0.15) is 12.8 Å². The summed E-state index contributed by atoms with van der Waals surface area (Å²) in [5.74, 6) is 0.716. The molecule has 2 heterocycles. The van der Waals surface area contributed by atoms with Gasteiger partial charge < -0.3 is 9.73 Å². The lowest BCUT2D eigenvalue weighted by atomic mass is 10.3. The van der Waals surface area contributed by atoms with Crippen LogP contribution in [0.5, 0.6) is 0 Å². The highest BCUT2D eigenvalue weighted by molar-refractivity contribution is 5.72. The highest BCUT2D eigenvalue weighted by atomic mass is 16.3. The average Bonchev–Trinajstić information content (AvgIpc) is 3.04. The van der Waals surface area contributed by atoms with Crippen LogP contribution in [-0.2, 0) is 13.1 Å². The Morgan fingerprint density at radius 3 is 3.00 bits per heavy atom. The fourth-order valence-electron chi connectivity index (χ4n) is 2.01. The first kappa shape index (κ1) is 11.9. The van der Waals surface area contributed by atoms with Gasteiger partial charge in [-0.05, 0) is 25.1 Å². The number of hydrogen-bond donors (Lipinski definition) is 1. The minimum Gasteiger partial charge on any atom is -0.439 e. The minimum absolute atomic E-state index is 0.301. The molecule has 0 aliphatic rings. The van der Waals surface area contributed by atoms with Gasteiger partial charge in [-0.15, -0.1) is 0 Å². The van der Waals surface area contributed by atoms with Gasteiger partial charge in [0.25, 0.3) is 0 Å². The Balaban J connectivity index is 1.59. The molecule has 2 aromatic heterocycles. The fraction of sp³-hybridized carbons (Fsp3) is 0.286. The zero-order chi connectivity index (χ0) is 13.1. The molecule has 0 fully saturated rings. The molecule has 0 spiro atoms. The Bertz CT molecular complexity index is 611. The van der Waals surface area contributed by atoms with Crippen LogP contribution in [0.15, 0.2) is 47.1 Å². The first-order valence-electron chi connectivity index (χ1n) is 6.36. The molecule has 19 heavy (non-hydrogen) atoms. The zero-order valence-corrected chi connectivity index (χ0v) is 10.8. The average molecular weight is 256 g/mol. The Morgan fingerprint density at radius 1 is 1.32 bits per heavy atom. The van der Waals surface area contributed by atoms with Gasteiger partial charge in [0.05, 0.1) is 13.1 Å². The van der Waals surface area contributed by atoms with Crippen molar-refractivity contribution in [1.29, 1.82) is 0 Å². The molecule has 0 radical (unpaired) electrons. The predicted octanol–water partition coefficient (Wildman–Crippen LogP) is 2.20. The molecule has 0 amide bonds. The van der Waals surface area contributed by atoms with Crippen LogP contribution in [0.25, 0.3) is 11.1 Å². The van der Waals surface area contributed by atoms with Crippen molar-refractivity contribution < 1.29 is 4.42 Å². The van der Waals surface area contributed by atoms with Gasteiger partial charge in [0.1, 0.15) is 5.52 Å². The van der Waals surface area contributed by atoms with Crippen LogP contribution >= 0.6 is 0 Å². The van der Waals surface area contributed by atoms with Crippen molar-refractivity contribution in [2.45, 2.75) is 26.1 Å². The molecule has 0 bridgehead atoms. The standard InChI is InChI=1S/C14H16N4O/c1-11(10-18-8-4-7-16-18)15-9-14-17-12-5-2-3-6-13(12)19-14/h2-8,11,15H,9-10H2,1H3/t11-/m0/s1. The molecule has 1 aromatic carbocycles. The molecule has 0 saturated carbocycles. The summed E-state index contributed by atoms with van der Waals surface area (Å²) >= 11 is 0. The third-order valence-electron chi connectivity index (χ3n) is 2.96. The van der Waals surface area contributed by atoms with E-state index in [1.165, 1.54) is 0 Å². The van der Waals surface area contributed by atoms with Gasteiger partial charge >= 0.3 is 0 Å². The first-order chi connectivity index (χ1) is 9.31. The second kappa shape index (κ2) is 5.24. The lowest BCUT2D eigenvalue weighted by molar-refractivity contribution is 0.416. The molecule has 0 aliphatic heterocycles. The molecular weight excluding hydrogens is 240 g/mol. The fourth-order valence-corrected chi connectivity index (χ4v) is 2.01. The maximum absolute atomic E-state index is 5.66. The molecule has 3 rings (SSSR count). The second-order valence-corrected chi connectivity index (χ2v) is 4.59. The summed E-state index contributed by atoms with van der Waals surface area (Å²) in [6.45, 7) is 3.56. The first-order valence-corrected chi connectivity index (χ1v) is 6.36. The number of para-hydroxylation sites is 2. The number of nitrogens with one attached hydrogen (secondary N) is 1. The lowest BCUT2D eigenvalue weighted by Crippen LogP contribution is -2.30. The maximum atomic E-state index is 5.66. The van der Waals surface area contributed by atoms with Gasteiger partial charge in [-0.1, -0.05) is 12.1 Å². The van der Waals surface area contributed by atoms with Gasteiger partial charge in [-0.3, -0.25) is 4.68 Å². The van der Waals surface area contributed by atoms with E-state index in [-0.39, 0.29) is 0 Å². The Hall–Kier alpha value is -2.14. The Labute approximate surface area is 111 Å². The SMILES string of the molecule is C[C@@H](Cn1cccn1)NCc1nc2ccccc2o1. The molecule has 0 aliphatic carbocycles. The number of hydrogen-bond acceptors (Lipinski definition) is 4. The monoisotopic (exact) mass is 256 g/mol. The zero-order valence-electron chi connectivity index (χ0n) is 10.8. The molecule has 0 saturated heterocycles. The van der Waals surface area contributed by atoms with Gasteiger partial charge in [0.15, 0.2) is 5.58 Å². The third-order valence-corrected chi connectivity index (χ3v) is 2.96. The quantitative estimate of drug-likeness (QED) is 0.760. The number of aromatic nitrogens is 3. The van der Waals surface area contributed by atoms with Gasteiger partial charge in [-0.2, -0.15) is 5.10 Å². The van der Waals surface area contributed by atoms with E-state index >= 15 is 0 Å². The maximum Gasteiger partial charge on any atom is 0.209 e. The van der Waals surface area contributed by atoms with E-state index in [0.29, 0.717) is 18.5 Å². The molecular formula is C14H16N4O. The van der Waals surface area contributed by atoms with Crippen LogP contribution < -0.4 is 5.32 Å². The molecule has 1 N–H and O–H groups in total. The number of benzene rings is 1. The summed E-state index contributed by atoms with van der Waals surface area (Å²) in [5.41, 5.74) is 1.73. The summed E-state index contributed by atoms with van der Waals surface area (Å²) in [6, 6.07) is 10.0. The van der Waals surface area contributed by atoms with E-state index in [2.05, 4.69) is 22.3 Å². The van der Waals surface area contributed by atoms with Crippen molar-refractivity contribution in [2.24, 2.45) is 0 Å². The van der Waals surface area contributed by atoms with Crippen molar-refractivity contribution in [3.63, 3.8) is 0 Å². The van der Waals surface area contributed by atoms with Gasteiger partial charge in [0.2, 0.25) is 5.89 Å². The van der Waals surface area contributed by atoms with Gasteiger partial charge in [-0.25, -0.2) is 4.98 Å². The second-order valence-electron chi connectivity index (χ2n) is 4.59. The third kappa shape index (κ3) is 2.82. The topological polar surface area (TPSA) is 55.9 Å². The number of fused-ring (bicyclic) bond motifs is 1. The number of nitrogens with zero attached hydrogens (tertiary/aromatic N) is 3. The lowest BCUT2D eigenvalue weighted by Gasteiger charge is -2.12. The summed E-state index contributed by atoms with van der Waals surface area (Å²) in [7, 11) is 0. The van der Waals surface area contributed by atoms with Crippen LogP contribution in [0.4, 0.5) is 0 Å². The van der Waals surface area contributed by atoms with Crippen LogP contribution in [0.3, 0.4) is 0 Å². The van der Waals surface area contributed by atoms with E-state index < -0.39 is 0 Å². The van der Waals surface area contributed by atoms with Crippen LogP contribution in [0, 0.1) is 0 Å². The predicted molar refractivity (Wildman–Crippen MR) is 72.5 cm³/mol. The van der Waals surface area contributed by atoms with Crippen molar-refractivity contribution in [3.8, 4) is 0 Å². The highest BCUT2D eigenvalue weighted by Crippen LogP contribution is 2.14. The number of oxazole rings is 1. The summed E-state index contributed by atoms with van der Waals surface area (Å²) < 4.78 is 7.56. The molecule has 3 aromatic rings. The number of rotatable bonds is 5. The molecule has 5 nitrogen and oxygen atoms in total. The molecule has 98 valence electrons. The molecule has 5 heteroatoms. The molecule has 0 unspecified atom stereocenters. The largest absolute Gasteiger partial charge is 0.439 e. The van der Waals surface area contributed by atoms with Crippen LogP contribution in [0.2, 0.25) is 0 Å². The Morgan fingerprint density at radius 2 is 2.21 bits per heavy atom. The smallest absolute Gasteiger partial charge is 0.209 e. The summed E-state index contributed by atoms with van der Waals surface area (Å²) in [5, 5.41) is 7.56. The normalized spacial score (nSPS) is 12.9. The van der Waals surface area contributed by atoms with E-state index in [9.17, 15) is 0 Å². The van der Waals surface area contributed by atoms with Crippen LogP contribution in [-0.4, -0.2) is 20.8 Å². The summed E-state index contributed by atoms with van der Waals surface area (Å²) in [4.78, 5) is 4.43. The summed E-state index contributed by atoms with van der Waals surface area (Å²) in [6.07, 6.45) is 3.74. The van der Waals surface area contributed by atoms with E-state index in [1.807, 2.05) is 41.2 Å². The van der Waals surface area contributed by atoms with E-state index in [0.717, 1.165) is 17.6 Å². The van der Waals surface area contributed by atoms with Gasteiger partial charge in [0, 0.05) is 18.4 Å². The van der Waals surface area contributed by atoms with Crippen molar-refractivity contribution in [1.82, 2.24) is 20.1 Å². The van der Waals surface area contributed by atoms with E-state index in [4.69, 9.17) is 4.42 Å². The molecule has 1 atom stereocenters. The minimum atomic E-state index is 0.301. The Kier molecular flexibility index (Phi) is 3.29.